The summed E-state index contributed by atoms with van der Waals surface area (Å²) in [6.45, 7) is 60.7. The molecule has 2 aliphatic rings. The molecule has 2 fully saturated rings. The van der Waals surface area contributed by atoms with Crippen LogP contribution in [-0.2, 0) is 28.6 Å². The Balaban J connectivity index is -0.0000000902. The first-order valence-corrected chi connectivity index (χ1v) is 29.7. The number of carbonyl (C=O) groups excluding carboxylic acids is 3. The Labute approximate surface area is 476 Å². The zero-order valence-corrected chi connectivity index (χ0v) is 56.7. The fourth-order valence-electron chi connectivity index (χ4n) is 4.56. The number of hydrogen-bond acceptors (Lipinski definition) is 12. The van der Waals surface area contributed by atoms with Gasteiger partial charge in [0, 0.05) is 123 Å². The van der Waals surface area contributed by atoms with E-state index in [1.165, 1.54) is 12.8 Å². The summed E-state index contributed by atoms with van der Waals surface area (Å²) in [5.41, 5.74) is 0.103. The molecule has 6 radical (unpaired) electrons. The maximum Gasteiger partial charge on any atom is 0.136 e. The van der Waals surface area contributed by atoms with Gasteiger partial charge in [-0.25, -0.2) is 0 Å². The molecular weight excluding hydrogens is 1160 g/mol. The third-order valence-electron chi connectivity index (χ3n) is 6.67. The van der Waals surface area contributed by atoms with Crippen LogP contribution in [0, 0.1) is 5.92 Å². The predicted molar refractivity (Wildman–Crippen MR) is 332 cm³/mol. The Morgan fingerprint density at radius 2 is 0.718 bits per heavy atom. The van der Waals surface area contributed by atoms with Crippen molar-refractivity contribution in [3.63, 3.8) is 0 Å². The second-order valence-corrected chi connectivity index (χ2v) is 27.7. The maximum atomic E-state index is 9.78. The highest BCUT2D eigenvalue weighted by atomic mass is 80.9. The van der Waals surface area contributed by atoms with E-state index in [9.17, 15) is 14.4 Å². The molecule has 3 N–H and O–H groups in total. The van der Waals surface area contributed by atoms with Crippen LogP contribution in [0.4, 0.5) is 0 Å². The lowest BCUT2D eigenvalue weighted by molar-refractivity contribution is -0.110. The lowest BCUT2D eigenvalue weighted by Gasteiger charge is -2.32. The Hall–Kier alpha value is -0.170. The molecular formula is C53H110B2Br4N6O6. The van der Waals surface area contributed by atoms with Crippen LogP contribution in [0.1, 0.15) is 200 Å². The van der Waals surface area contributed by atoms with Crippen LogP contribution in [0.25, 0.3) is 0 Å². The van der Waals surface area contributed by atoms with Crippen LogP contribution in [0.5, 0.6) is 0 Å². The summed E-state index contributed by atoms with van der Waals surface area (Å²) < 4.78 is 14.2. The number of nitrogens with zero attached hydrogens (tertiary/aromatic N) is 3. The van der Waals surface area contributed by atoms with Gasteiger partial charge in [-0.15, -0.1) is 0 Å². The first-order valence-electron chi connectivity index (χ1n) is 24.4. The largest absolute Gasteiger partial charge is 0.381 e. The zero-order valence-electron chi connectivity index (χ0n) is 50.4. The summed E-state index contributed by atoms with van der Waals surface area (Å²) in [5, 5.41) is 10.4. The van der Waals surface area contributed by atoms with E-state index in [0.29, 0.717) is 18.1 Å². The third kappa shape index (κ3) is 107. The van der Waals surface area contributed by atoms with Gasteiger partial charge in [0.05, 0.1) is 46.2 Å². The van der Waals surface area contributed by atoms with Gasteiger partial charge >= 0.3 is 0 Å². The molecule has 2 aliphatic heterocycles. The number of nitrogens with one attached hydrogen (secondary N) is 3. The van der Waals surface area contributed by atoms with Gasteiger partial charge in [0.25, 0.3) is 0 Å². The highest BCUT2D eigenvalue weighted by molar-refractivity contribution is 9.93. The Bertz CT molecular complexity index is 1260. The van der Waals surface area contributed by atoms with E-state index >= 15 is 0 Å². The number of carbonyl (C=O) groups is 3. The van der Waals surface area contributed by atoms with E-state index in [1.54, 1.807) is 27.7 Å². The van der Waals surface area contributed by atoms with Crippen molar-refractivity contribution < 1.29 is 28.6 Å². The molecule has 2 rings (SSSR count). The van der Waals surface area contributed by atoms with Gasteiger partial charge < -0.3 is 44.5 Å². The van der Waals surface area contributed by atoms with Gasteiger partial charge in [-0.1, -0.05) is 73.4 Å². The van der Waals surface area contributed by atoms with Crippen molar-refractivity contribution in [3.05, 3.63) is 0 Å². The van der Waals surface area contributed by atoms with Crippen LogP contribution in [0.15, 0.2) is 15.0 Å². The molecule has 0 atom stereocenters. The number of aldehydes is 3. The second kappa shape index (κ2) is 48.2. The van der Waals surface area contributed by atoms with E-state index in [0.717, 1.165) is 58.5 Å². The summed E-state index contributed by atoms with van der Waals surface area (Å²) in [6, 6.07) is 1.37. The van der Waals surface area contributed by atoms with Gasteiger partial charge in [-0.2, -0.15) is 0 Å². The second-order valence-electron chi connectivity index (χ2n) is 23.7. The molecule has 0 spiro atoms. The van der Waals surface area contributed by atoms with Gasteiger partial charge in [0.2, 0.25) is 0 Å². The topological polar surface area (TPSA) is 152 Å². The molecule has 2 saturated heterocycles. The average Bonchev–Trinajstić information content (AvgIpc) is 3.77. The molecule has 0 aromatic rings. The zero-order chi connectivity index (χ0) is 56.6. The van der Waals surface area contributed by atoms with Gasteiger partial charge in [-0.05, 0) is 158 Å². The minimum Gasteiger partial charge on any atom is -0.381 e. The normalized spacial score (nSPS) is 14.2. The van der Waals surface area contributed by atoms with Crippen LogP contribution >= 0.6 is 60.1 Å². The highest BCUT2D eigenvalue weighted by Crippen LogP contribution is 2.13. The molecule has 422 valence electrons. The molecule has 2 heterocycles. The van der Waals surface area contributed by atoms with E-state index in [4.69, 9.17) is 14.2 Å². The van der Waals surface area contributed by atoms with Crippen molar-refractivity contribution in [2.24, 2.45) is 20.9 Å². The number of alkyl halides is 2. The first-order chi connectivity index (χ1) is 30.8. The quantitative estimate of drug-likeness (QED) is 0.0750. The van der Waals surface area contributed by atoms with E-state index < -0.39 is 0 Å². The SMILES string of the molecule is BrBr.C1CCOC1.C1COCCO1.CC(C)(Br)C=O.CC(C)(Br)C=O.CC(C)(C)N=CC(C)(C)NC(C)(C)C.CC(C)C=O.CC(C)N=CC(C)(C)NC(C)C.CC(C)NC(C)(C)C=NC(C)(C)C.[B].[B]. The summed E-state index contributed by atoms with van der Waals surface area (Å²) in [7, 11) is 0. The van der Waals surface area contributed by atoms with Gasteiger partial charge in [0.1, 0.15) is 18.9 Å². The summed E-state index contributed by atoms with van der Waals surface area (Å²) in [6.07, 6.45) is 11.2. The molecule has 18 heteroatoms. The van der Waals surface area contributed by atoms with Gasteiger partial charge in [-0.3, -0.25) is 15.0 Å². The Morgan fingerprint density at radius 3 is 0.887 bits per heavy atom. The van der Waals surface area contributed by atoms with E-state index in [2.05, 4.69) is 236 Å². The molecule has 0 saturated carbocycles. The lowest BCUT2D eigenvalue weighted by atomic mass is 9.99. The highest BCUT2D eigenvalue weighted by Gasteiger charge is 2.23. The number of rotatable bonds is 12. The number of halogens is 4. The smallest absolute Gasteiger partial charge is 0.136 e. The summed E-state index contributed by atoms with van der Waals surface area (Å²) in [4.78, 5) is 42.4. The number of ether oxygens (including phenoxy) is 3. The standard InChI is InChI=1S/C12H26N2.C11H24N2.C10H22N2.2C4H7BrO.C4H8O2.2C4H8O.2B.Br2/c1-10(2,3)13-9-12(7,8)14-11(4,5)6;1-9(2)13-11(6,7)8-12-10(3,4)5;1-8(2)11-7-10(5,6)12-9(3)4;2*1-4(2,5)3-6;1-2-6-4-3-5-1;1-2-4-5-3-1;1-4(2)3-5;;;1-2/h9,14H,1-8H3;8-9,13H,1-7H3;7-9,12H,1-6H3;2*3H,1-2H3;1-4H2;1-4H2;3-4H,1-2H3;;;. The van der Waals surface area contributed by atoms with Crippen molar-refractivity contribution in [1.82, 2.24) is 16.0 Å². The molecule has 0 aromatic carbocycles. The van der Waals surface area contributed by atoms with Crippen molar-refractivity contribution in [2.75, 3.05) is 39.6 Å². The summed E-state index contributed by atoms with van der Waals surface area (Å²) >= 11 is 11.7. The monoisotopic (exact) mass is 1260 g/mol. The van der Waals surface area contributed by atoms with Crippen LogP contribution in [0.2, 0.25) is 0 Å². The Kier molecular flexibility index (Phi) is 61.4. The van der Waals surface area contributed by atoms with Crippen molar-refractivity contribution >= 4 is 114 Å². The number of hydrogen-bond donors (Lipinski definition) is 3. The fourth-order valence-corrected chi connectivity index (χ4v) is 4.56. The van der Waals surface area contributed by atoms with Crippen molar-refractivity contribution in [1.29, 1.82) is 0 Å². The molecule has 0 aromatic heterocycles. The lowest BCUT2D eigenvalue weighted by Crippen LogP contribution is -2.51. The fraction of sp³-hybridized carbons (Fsp3) is 0.887. The maximum absolute atomic E-state index is 9.78. The molecule has 71 heavy (non-hydrogen) atoms. The van der Waals surface area contributed by atoms with E-state index in [1.807, 2.05) is 32.5 Å². The van der Waals surface area contributed by atoms with Crippen molar-refractivity contribution in [2.45, 2.75) is 260 Å². The molecule has 0 unspecified atom stereocenters. The average molecular weight is 1270 g/mol. The van der Waals surface area contributed by atoms with Gasteiger partial charge in [0.15, 0.2) is 0 Å². The van der Waals surface area contributed by atoms with Crippen molar-refractivity contribution in [3.8, 4) is 0 Å². The molecule has 0 amide bonds. The molecule has 0 aliphatic carbocycles. The number of aliphatic imine (C=N–C) groups is 3. The molecule has 12 nitrogen and oxygen atoms in total. The third-order valence-corrected chi connectivity index (χ3v) is 7.04. The minimum absolute atomic E-state index is 0. The Morgan fingerprint density at radius 1 is 0.465 bits per heavy atom. The molecule has 0 bridgehead atoms. The van der Waals surface area contributed by atoms with E-state index in [-0.39, 0.29) is 64.6 Å². The minimum atomic E-state index is -0.326. The summed E-state index contributed by atoms with van der Waals surface area (Å²) in [5.74, 6) is 0.204. The van der Waals surface area contributed by atoms with Crippen LogP contribution < -0.4 is 16.0 Å². The van der Waals surface area contributed by atoms with Crippen LogP contribution in [-0.4, -0.2) is 154 Å². The van der Waals surface area contributed by atoms with Crippen LogP contribution in [0.3, 0.4) is 0 Å². The predicted octanol–water partition coefficient (Wildman–Crippen LogP) is 13.2. The first kappa shape index (κ1) is 90.3.